The number of carboxylic acid groups (broad SMARTS) is 1. The number of hydrogen-bond acceptors (Lipinski definition) is 2. The molecule has 4 heteroatoms. The summed E-state index contributed by atoms with van der Waals surface area (Å²) in [5.74, 6) is -1.41. The zero-order valence-corrected chi connectivity index (χ0v) is 11.1. The predicted octanol–water partition coefficient (Wildman–Crippen LogP) is 3.14. The van der Waals surface area contributed by atoms with Crippen LogP contribution in [0, 0.1) is 5.82 Å². The third-order valence-corrected chi connectivity index (χ3v) is 3.18. The van der Waals surface area contributed by atoms with Crippen LogP contribution in [0.15, 0.2) is 18.2 Å². The number of nitrogens with zero attached hydrogens (tertiary/aromatic N) is 1. The highest BCUT2D eigenvalue weighted by Gasteiger charge is 2.15. The van der Waals surface area contributed by atoms with Gasteiger partial charge in [0.1, 0.15) is 5.82 Å². The van der Waals surface area contributed by atoms with Gasteiger partial charge in [-0.1, -0.05) is 13.3 Å². The van der Waals surface area contributed by atoms with Gasteiger partial charge in [-0.2, -0.15) is 0 Å². The fourth-order valence-electron chi connectivity index (χ4n) is 1.96. The van der Waals surface area contributed by atoms with Crippen molar-refractivity contribution in [1.82, 2.24) is 4.90 Å². The Labute approximate surface area is 107 Å². The number of aromatic carboxylic acids is 1. The number of hydrogen-bond donors (Lipinski definition) is 1. The second kappa shape index (κ2) is 6.50. The summed E-state index contributed by atoms with van der Waals surface area (Å²) >= 11 is 0. The molecule has 0 heterocycles. The predicted molar refractivity (Wildman–Crippen MR) is 69.2 cm³/mol. The molecule has 0 aliphatic carbocycles. The van der Waals surface area contributed by atoms with Gasteiger partial charge in [-0.3, -0.25) is 4.90 Å². The summed E-state index contributed by atoms with van der Waals surface area (Å²) in [6, 6.07) is 4.16. The van der Waals surface area contributed by atoms with E-state index in [0.29, 0.717) is 18.2 Å². The first kappa shape index (κ1) is 14.6. The molecular formula is C14H20FNO2. The molecular weight excluding hydrogens is 233 g/mol. The van der Waals surface area contributed by atoms with E-state index in [1.54, 1.807) is 0 Å². The van der Waals surface area contributed by atoms with Crippen molar-refractivity contribution < 1.29 is 14.3 Å². The van der Waals surface area contributed by atoms with Crippen molar-refractivity contribution in [3.05, 3.63) is 35.1 Å². The van der Waals surface area contributed by atoms with Crippen LogP contribution in [0.2, 0.25) is 0 Å². The first-order valence-corrected chi connectivity index (χ1v) is 6.17. The van der Waals surface area contributed by atoms with Crippen LogP contribution in [-0.2, 0) is 6.54 Å². The summed E-state index contributed by atoms with van der Waals surface area (Å²) in [6.07, 6.45) is 2.11. The average Bonchev–Trinajstić information content (AvgIpc) is 2.28. The monoisotopic (exact) mass is 253 g/mol. The molecule has 1 N–H and O–H groups in total. The Morgan fingerprint density at radius 2 is 2.17 bits per heavy atom. The Balaban J connectivity index is 2.88. The van der Waals surface area contributed by atoms with E-state index < -0.39 is 11.8 Å². The van der Waals surface area contributed by atoms with Gasteiger partial charge in [-0.05, 0) is 44.2 Å². The van der Waals surface area contributed by atoms with E-state index >= 15 is 0 Å². The second-order valence-corrected chi connectivity index (χ2v) is 4.66. The first-order chi connectivity index (χ1) is 8.45. The number of benzene rings is 1. The Morgan fingerprint density at radius 1 is 1.50 bits per heavy atom. The van der Waals surface area contributed by atoms with Crippen LogP contribution < -0.4 is 0 Å². The molecule has 100 valence electrons. The lowest BCUT2D eigenvalue weighted by Crippen LogP contribution is -2.29. The molecule has 1 atom stereocenters. The molecule has 0 bridgehead atoms. The van der Waals surface area contributed by atoms with Crippen molar-refractivity contribution >= 4 is 5.97 Å². The normalized spacial score (nSPS) is 12.7. The van der Waals surface area contributed by atoms with Crippen LogP contribution in [0.4, 0.5) is 4.39 Å². The quantitative estimate of drug-likeness (QED) is 0.846. The van der Waals surface area contributed by atoms with Crippen molar-refractivity contribution in [2.75, 3.05) is 7.05 Å². The summed E-state index contributed by atoms with van der Waals surface area (Å²) in [7, 11) is 1.93. The van der Waals surface area contributed by atoms with Crippen molar-refractivity contribution in [1.29, 1.82) is 0 Å². The maximum Gasteiger partial charge on any atom is 0.336 e. The molecule has 0 aliphatic heterocycles. The number of rotatable bonds is 6. The largest absolute Gasteiger partial charge is 0.478 e. The topological polar surface area (TPSA) is 40.5 Å². The molecule has 0 aromatic heterocycles. The lowest BCUT2D eigenvalue weighted by molar-refractivity contribution is 0.0694. The molecule has 1 unspecified atom stereocenters. The van der Waals surface area contributed by atoms with E-state index in [9.17, 15) is 9.18 Å². The van der Waals surface area contributed by atoms with Crippen LogP contribution >= 0.6 is 0 Å². The summed E-state index contributed by atoms with van der Waals surface area (Å²) in [5, 5.41) is 9.07. The fourth-order valence-corrected chi connectivity index (χ4v) is 1.96. The van der Waals surface area contributed by atoms with Gasteiger partial charge in [0.05, 0.1) is 5.56 Å². The van der Waals surface area contributed by atoms with E-state index in [-0.39, 0.29) is 5.56 Å². The smallest absolute Gasteiger partial charge is 0.336 e. The summed E-state index contributed by atoms with van der Waals surface area (Å²) in [4.78, 5) is 13.1. The van der Waals surface area contributed by atoms with E-state index in [1.165, 1.54) is 18.2 Å². The van der Waals surface area contributed by atoms with E-state index in [4.69, 9.17) is 5.11 Å². The Kier molecular flexibility index (Phi) is 5.28. The van der Waals surface area contributed by atoms with Crippen LogP contribution in [-0.4, -0.2) is 29.1 Å². The van der Waals surface area contributed by atoms with Gasteiger partial charge in [-0.15, -0.1) is 0 Å². The van der Waals surface area contributed by atoms with Crippen molar-refractivity contribution in [2.24, 2.45) is 0 Å². The molecule has 0 aliphatic rings. The third-order valence-electron chi connectivity index (χ3n) is 3.18. The van der Waals surface area contributed by atoms with Gasteiger partial charge in [0.25, 0.3) is 0 Å². The van der Waals surface area contributed by atoms with Crippen LogP contribution in [0.25, 0.3) is 0 Å². The highest BCUT2D eigenvalue weighted by Crippen LogP contribution is 2.16. The Morgan fingerprint density at radius 3 is 2.72 bits per heavy atom. The lowest BCUT2D eigenvalue weighted by atomic mass is 10.1. The van der Waals surface area contributed by atoms with Crippen LogP contribution in [0.1, 0.15) is 42.6 Å². The zero-order chi connectivity index (χ0) is 13.7. The van der Waals surface area contributed by atoms with E-state index in [0.717, 1.165) is 12.8 Å². The van der Waals surface area contributed by atoms with Gasteiger partial charge < -0.3 is 5.11 Å². The Hall–Kier alpha value is -1.42. The third kappa shape index (κ3) is 3.81. The number of halogens is 1. The van der Waals surface area contributed by atoms with Crippen molar-refractivity contribution in [3.8, 4) is 0 Å². The average molecular weight is 253 g/mol. The number of carboxylic acids is 1. The molecule has 1 rings (SSSR count). The Bertz CT molecular complexity index is 420. The SMILES string of the molecule is CCCC(C)N(C)Cc1cc(F)ccc1C(=O)O. The van der Waals surface area contributed by atoms with Gasteiger partial charge >= 0.3 is 5.97 Å². The molecule has 0 amide bonds. The number of carbonyl (C=O) groups is 1. The minimum Gasteiger partial charge on any atom is -0.478 e. The molecule has 18 heavy (non-hydrogen) atoms. The van der Waals surface area contributed by atoms with Crippen LogP contribution in [0.5, 0.6) is 0 Å². The molecule has 0 saturated carbocycles. The standard InChI is InChI=1S/C14H20FNO2/c1-4-5-10(2)16(3)9-11-8-12(15)6-7-13(11)14(17)18/h6-8,10H,4-5,9H2,1-3H3,(H,17,18). The van der Waals surface area contributed by atoms with E-state index in [1.807, 2.05) is 11.9 Å². The molecule has 0 fully saturated rings. The van der Waals surface area contributed by atoms with E-state index in [2.05, 4.69) is 13.8 Å². The van der Waals surface area contributed by atoms with Crippen molar-refractivity contribution in [3.63, 3.8) is 0 Å². The van der Waals surface area contributed by atoms with Gasteiger partial charge in [0.15, 0.2) is 0 Å². The maximum atomic E-state index is 13.2. The molecule has 0 spiro atoms. The molecule has 0 radical (unpaired) electrons. The van der Waals surface area contributed by atoms with Gasteiger partial charge in [0, 0.05) is 12.6 Å². The summed E-state index contributed by atoms with van der Waals surface area (Å²) < 4.78 is 13.2. The highest BCUT2D eigenvalue weighted by atomic mass is 19.1. The van der Waals surface area contributed by atoms with Gasteiger partial charge in [-0.25, -0.2) is 9.18 Å². The molecule has 0 saturated heterocycles. The second-order valence-electron chi connectivity index (χ2n) is 4.66. The summed E-state index contributed by atoms with van der Waals surface area (Å²) in [5.41, 5.74) is 0.694. The fraction of sp³-hybridized carbons (Fsp3) is 0.500. The molecule has 1 aromatic carbocycles. The van der Waals surface area contributed by atoms with Crippen LogP contribution in [0.3, 0.4) is 0 Å². The minimum atomic E-state index is -1.01. The highest BCUT2D eigenvalue weighted by molar-refractivity contribution is 5.89. The molecule has 1 aromatic rings. The zero-order valence-electron chi connectivity index (χ0n) is 11.1. The van der Waals surface area contributed by atoms with Gasteiger partial charge in [0.2, 0.25) is 0 Å². The van der Waals surface area contributed by atoms with Crippen molar-refractivity contribution in [2.45, 2.75) is 39.3 Å². The minimum absolute atomic E-state index is 0.173. The lowest BCUT2D eigenvalue weighted by Gasteiger charge is -2.25. The molecule has 3 nitrogen and oxygen atoms in total. The first-order valence-electron chi connectivity index (χ1n) is 6.17. The maximum absolute atomic E-state index is 13.2. The summed E-state index contributed by atoms with van der Waals surface area (Å²) in [6.45, 7) is 4.64.